The number of hydrogen-bond donors (Lipinski definition) is 1. The number of carbonyl (C=O) groups is 1. The van der Waals surface area contributed by atoms with Crippen LogP contribution in [0.2, 0.25) is 0 Å². The summed E-state index contributed by atoms with van der Waals surface area (Å²) in [6, 6.07) is 11.4. The number of likely N-dealkylation sites (tertiary alicyclic amines) is 1. The molecule has 1 saturated heterocycles. The molecular formula is C35H40FN7O4. The lowest BCUT2D eigenvalue weighted by Gasteiger charge is -2.32. The number of nitrogens with zero attached hydrogens (tertiary/aromatic N) is 6. The van der Waals surface area contributed by atoms with Crippen molar-refractivity contribution in [3.05, 3.63) is 105 Å². The Hall–Kier alpha value is -4.68. The van der Waals surface area contributed by atoms with Gasteiger partial charge in [-0.05, 0) is 121 Å². The summed E-state index contributed by atoms with van der Waals surface area (Å²) in [7, 11) is 2.19. The number of halogens is 1. The first-order valence-electron chi connectivity index (χ1n) is 16.1. The maximum Gasteiger partial charge on any atom is 0.335 e. The van der Waals surface area contributed by atoms with Gasteiger partial charge in [0.25, 0.3) is 11.5 Å². The van der Waals surface area contributed by atoms with E-state index in [9.17, 15) is 18.8 Å². The van der Waals surface area contributed by atoms with Crippen molar-refractivity contribution < 1.29 is 13.9 Å². The van der Waals surface area contributed by atoms with Gasteiger partial charge >= 0.3 is 5.69 Å². The van der Waals surface area contributed by atoms with E-state index in [0.717, 1.165) is 59.9 Å². The molecule has 0 bridgehead atoms. The second-order valence-electron chi connectivity index (χ2n) is 12.7. The van der Waals surface area contributed by atoms with E-state index in [2.05, 4.69) is 32.1 Å². The van der Waals surface area contributed by atoms with E-state index in [1.165, 1.54) is 55.2 Å². The zero-order chi connectivity index (χ0) is 33.1. The maximum atomic E-state index is 13.5. The van der Waals surface area contributed by atoms with Crippen LogP contribution in [0.1, 0.15) is 60.8 Å². The highest BCUT2D eigenvalue weighted by atomic mass is 19.1. The molecule has 2 aliphatic rings. The molecule has 0 aliphatic carbocycles. The second kappa shape index (κ2) is 14.0. The fourth-order valence-corrected chi connectivity index (χ4v) is 6.21. The normalized spacial score (nSPS) is 15.9. The third-order valence-corrected chi connectivity index (χ3v) is 9.06. The number of carbonyl (C=O) groups excluding carboxylic acids is 1. The second-order valence-corrected chi connectivity index (χ2v) is 12.7. The monoisotopic (exact) mass is 641 g/mol. The molecule has 2 aliphatic heterocycles. The number of aromatic nitrogens is 4. The first-order valence-corrected chi connectivity index (χ1v) is 16.1. The molecule has 0 unspecified atom stereocenters. The Bertz CT molecular complexity index is 1850. The topological polar surface area (TPSA) is 115 Å². The Kier molecular flexibility index (Phi) is 9.60. The summed E-state index contributed by atoms with van der Waals surface area (Å²) in [5, 5.41) is 2.74. The third-order valence-electron chi connectivity index (χ3n) is 9.06. The molecule has 0 saturated carbocycles. The van der Waals surface area contributed by atoms with Crippen LogP contribution in [0.3, 0.4) is 0 Å². The lowest BCUT2D eigenvalue weighted by molar-refractivity contribution is 0.102. The summed E-state index contributed by atoms with van der Waals surface area (Å²) >= 11 is 0. The Balaban J connectivity index is 1.12. The Morgan fingerprint density at radius 3 is 2.45 bits per heavy atom. The predicted octanol–water partition coefficient (Wildman–Crippen LogP) is 4.64. The molecule has 2 aromatic heterocycles. The molecule has 6 rings (SSSR count). The number of piperidine rings is 1. The number of rotatable bonds is 9. The van der Waals surface area contributed by atoms with Gasteiger partial charge in [-0.2, -0.15) is 0 Å². The van der Waals surface area contributed by atoms with E-state index >= 15 is 0 Å². The molecule has 4 heterocycles. The van der Waals surface area contributed by atoms with Crippen LogP contribution in [0.25, 0.3) is 5.69 Å². The zero-order valence-corrected chi connectivity index (χ0v) is 27.0. The average molecular weight is 642 g/mol. The van der Waals surface area contributed by atoms with E-state index in [0.29, 0.717) is 17.3 Å². The molecule has 246 valence electrons. The molecule has 12 heteroatoms. The fourth-order valence-electron chi connectivity index (χ4n) is 6.21. The minimum absolute atomic E-state index is 0.166. The van der Waals surface area contributed by atoms with Gasteiger partial charge in [-0.1, -0.05) is 0 Å². The predicted molar refractivity (Wildman–Crippen MR) is 177 cm³/mol. The Labute approximate surface area is 272 Å². The average Bonchev–Trinajstić information content (AvgIpc) is 3.06. The molecule has 1 amide bonds. The van der Waals surface area contributed by atoms with Crippen LogP contribution in [0.5, 0.6) is 11.6 Å². The third kappa shape index (κ3) is 7.34. The summed E-state index contributed by atoms with van der Waals surface area (Å²) < 4.78 is 21.9. The maximum absolute atomic E-state index is 13.5. The van der Waals surface area contributed by atoms with Gasteiger partial charge in [0, 0.05) is 36.6 Å². The van der Waals surface area contributed by atoms with Gasteiger partial charge in [-0.25, -0.2) is 23.7 Å². The summed E-state index contributed by atoms with van der Waals surface area (Å²) in [6.07, 6.45) is 7.36. The lowest BCUT2D eigenvalue weighted by atomic mass is 9.93. The summed E-state index contributed by atoms with van der Waals surface area (Å²) in [5.74, 6) is 0.672. The molecule has 2 aromatic carbocycles. The van der Waals surface area contributed by atoms with Gasteiger partial charge < -0.3 is 15.0 Å². The van der Waals surface area contributed by atoms with Crippen molar-refractivity contribution in [2.45, 2.75) is 52.1 Å². The molecule has 0 radical (unpaired) electrons. The number of anilines is 1. The molecule has 11 nitrogen and oxygen atoms in total. The molecule has 0 spiro atoms. The number of fused-ring (bicyclic) bond motifs is 1. The molecule has 4 aromatic rings. The van der Waals surface area contributed by atoms with Crippen LogP contribution in [0, 0.1) is 11.7 Å². The highest BCUT2D eigenvalue weighted by Gasteiger charge is 2.24. The van der Waals surface area contributed by atoms with Crippen LogP contribution >= 0.6 is 0 Å². The van der Waals surface area contributed by atoms with Crippen molar-refractivity contribution in [1.82, 2.24) is 28.9 Å². The number of benzene rings is 2. The molecular weight excluding hydrogens is 601 g/mol. The van der Waals surface area contributed by atoms with Crippen LogP contribution in [0.4, 0.5) is 10.1 Å². The Morgan fingerprint density at radius 1 is 1.02 bits per heavy atom. The highest BCUT2D eigenvalue weighted by molar-refractivity contribution is 6.03. The number of hydrogen-bond acceptors (Lipinski definition) is 8. The highest BCUT2D eigenvalue weighted by Crippen LogP contribution is 2.30. The quantitative estimate of drug-likeness (QED) is 0.281. The van der Waals surface area contributed by atoms with E-state index in [1.807, 2.05) is 0 Å². The van der Waals surface area contributed by atoms with Gasteiger partial charge in [0.1, 0.15) is 23.5 Å². The van der Waals surface area contributed by atoms with Crippen molar-refractivity contribution in [3.63, 3.8) is 0 Å². The molecule has 1 fully saturated rings. The molecule has 47 heavy (non-hydrogen) atoms. The van der Waals surface area contributed by atoms with E-state index in [-0.39, 0.29) is 17.3 Å². The summed E-state index contributed by atoms with van der Waals surface area (Å²) in [5.41, 5.74) is 0.949. The Morgan fingerprint density at radius 2 is 1.74 bits per heavy atom. The fraction of sp³-hybridized carbons (Fsp3) is 0.400. The zero-order valence-electron chi connectivity index (χ0n) is 27.0. The van der Waals surface area contributed by atoms with Crippen molar-refractivity contribution in [2.75, 3.05) is 38.5 Å². The largest absolute Gasteiger partial charge is 0.439 e. The minimum Gasteiger partial charge on any atom is -0.439 e. The van der Waals surface area contributed by atoms with Gasteiger partial charge in [-0.15, -0.1) is 0 Å². The van der Waals surface area contributed by atoms with Crippen molar-refractivity contribution in [3.8, 4) is 17.3 Å². The number of ether oxygens (including phenoxy) is 1. The van der Waals surface area contributed by atoms with Gasteiger partial charge in [0.15, 0.2) is 0 Å². The molecule has 1 N–H and O–H groups in total. The SMILES string of the molecule is CC(C)n1cc(C(=O)Nc2ccc(Oc3ncnc4c3CCN(CCC3CCN(C)CC3)C4)cc2)c(=O)n(-c2ccc(F)cc2)c1=O. The summed E-state index contributed by atoms with van der Waals surface area (Å²) in [6.45, 7) is 8.68. The lowest BCUT2D eigenvalue weighted by Crippen LogP contribution is -2.42. The van der Waals surface area contributed by atoms with E-state index < -0.39 is 23.0 Å². The smallest absolute Gasteiger partial charge is 0.335 e. The van der Waals surface area contributed by atoms with E-state index in [1.54, 1.807) is 44.4 Å². The van der Waals surface area contributed by atoms with E-state index in [4.69, 9.17) is 4.74 Å². The number of amides is 1. The van der Waals surface area contributed by atoms with Crippen molar-refractivity contribution in [1.29, 1.82) is 0 Å². The van der Waals surface area contributed by atoms with Gasteiger partial charge in [0.2, 0.25) is 5.88 Å². The van der Waals surface area contributed by atoms with Crippen LogP contribution < -0.4 is 21.3 Å². The molecule has 0 atom stereocenters. The van der Waals surface area contributed by atoms with Gasteiger partial charge in [0.05, 0.1) is 11.4 Å². The van der Waals surface area contributed by atoms with Crippen LogP contribution in [-0.4, -0.2) is 68.0 Å². The van der Waals surface area contributed by atoms with Crippen LogP contribution in [-0.2, 0) is 13.0 Å². The standard InChI is InChI=1S/C35H40FN7O4/c1-23(2)42-20-30(34(45)43(35(42)46)27-8-4-25(36)5-9-27)32(44)39-26-6-10-28(11-7-26)47-33-29-15-19-41(21-31(29)37-22-38-33)18-14-24-12-16-40(3)17-13-24/h4-11,20,22-24H,12-19,21H2,1-3H3,(H,39,44). The summed E-state index contributed by atoms with van der Waals surface area (Å²) in [4.78, 5) is 53.6. The minimum atomic E-state index is -0.801. The first-order chi connectivity index (χ1) is 22.7. The first kappa shape index (κ1) is 32.3. The van der Waals surface area contributed by atoms with Gasteiger partial charge in [-0.3, -0.25) is 19.1 Å². The van der Waals surface area contributed by atoms with Crippen molar-refractivity contribution >= 4 is 11.6 Å². The van der Waals surface area contributed by atoms with Crippen LogP contribution in [0.15, 0.2) is 70.6 Å². The number of nitrogens with one attached hydrogen (secondary N) is 1. The van der Waals surface area contributed by atoms with Crippen molar-refractivity contribution in [2.24, 2.45) is 5.92 Å².